The molecule has 0 radical (unpaired) electrons. The fourth-order valence-electron chi connectivity index (χ4n) is 2.98. The first-order chi connectivity index (χ1) is 13.5. The molecule has 2 aromatic carbocycles. The first-order valence-corrected chi connectivity index (χ1v) is 9.58. The van der Waals surface area contributed by atoms with Crippen molar-refractivity contribution >= 4 is 33.3 Å². The third-order valence-electron chi connectivity index (χ3n) is 4.69. The summed E-state index contributed by atoms with van der Waals surface area (Å²) in [4.78, 5) is 29.6. The fourth-order valence-corrected chi connectivity index (χ4v) is 3.79. The van der Waals surface area contributed by atoms with Crippen molar-refractivity contribution in [3.8, 4) is 11.3 Å². The lowest BCUT2D eigenvalue weighted by atomic mass is 10.1. The van der Waals surface area contributed by atoms with E-state index in [1.54, 1.807) is 0 Å². The molecular formula is C21H18N4O2S. The number of carbonyl (C=O) groups excluding carboxylic acids is 1. The Morgan fingerprint density at radius 3 is 2.68 bits per heavy atom. The number of benzene rings is 2. The maximum atomic E-state index is 12.8. The summed E-state index contributed by atoms with van der Waals surface area (Å²) >= 11 is 1.11. The molecule has 0 fully saturated rings. The number of hydrogen-bond acceptors (Lipinski definition) is 5. The molecule has 6 nitrogen and oxygen atoms in total. The van der Waals surface area contributed by atoms with Crippen molar-refractivity contribution in [3.05, 3.63) is 76.3 Å². The molecule has 0 aliphatic rings. The number of aryl methyl sites for hydroxylation is 1. The molecule has 140 valence electrons. The van der Waals surface area contributed by atoms with Gasteiger partial charge in [-0.25, -0.2) is 4.98 Å². The first-order valence-electron chi connectivity index (χ1n) is 8.81. The van der Waals surface area contributed by atoms with Gasteiger partial charge in [0.2, 0.25) is 5.91 Å². The van der Waals surface area contributed by atoms with Crippen LogP contribution in [0.4, 0.5) is 5.69 Å². The molecular weight excluding hydrogens is 372 g/mol. The van der Waals surface area contributed by atoms with E-state index in [2.05, 4.69) is 14.7 Å². The lowest BCUT2D eigenvalue weighted by Crippen LogP contribution is -2.27. The van der Waals surface area contributed by atoms with E-state index in [9.17, 15) is 9.59 Å². The topological polar surface area (TPSA) is 76.9 Å². The van der Waals surface area contributed by atoms with Crippen molar-refractivity contribution < 1.29 is 4.79 Å². The van der Waals surface area contributed by atoms with E-state index in [0.717, 1.165) is 33.9 Å². The van der Waals surface area contributed by atoms with Crippen LogP contribution in [-0.4, -0.2) is 19.8 Å². The molecule has 0 aliphatic carbocycles. The highest BCUT2D eigenvalue weighted by atomic mass is 32.1. The SMILES string of the molecule is Cc1cccc(NC(=O)Cn2cnc3c(-c4ccccc4)nsc3c2=O)c1C. The molecule has 2 heterocycles. The summed E-state index contributed by atoms with van der Waals surface area (Å²) < 4.78 is 6.16. The Bertz CT molecular complexity index is 1230. The monoisotopic (exact) mass is 390 g/mol. The van der Waals surface area contributed by atoms with Crippen LogP contribution in [0, 0.1) is 13.8 Å². The van der Waals surface area contributed by atoms with Crippen molar-refractivity contribution in [2.75, 3.05) is 5.32 Å². The Hall–Kier alpha value is -3.32. The van der Waals surface area contributed by atoms with Crippen LogP contribution in [0.3, 0.4) is 0 Å². The minimum atomic E-state index is -0.273. The molecule has 0 atom stereocenters. The Balaban J connectivity index is 1.61. The second-order valence-electron chi connectivity index (χ2n) is 6.55. The summed E-state index contributed by atoms with van der Waals surface area (Å²) in [5, 5.41) is 2.87. The summed E-state index contributed by atoms with van der Waals surface area (Å²) in [7, 11) is 0. The maximum absolute atomic E-state index is 12.8. The van der Waals surface area contributed by atoms with Gasteiger partial charge in [0.15, 0.2) is 0 Å². The number of carbonyl (C=O) groups is 1. The summed E-state index contributed by atoms with van der Waals surface area (Å²) in [5.41, 5.74) is 4.74. The highest BCUT2D eigenvalue weighted by Crippen LogP contribution is 2.26. The molecule has 1 amide bonds. The molecule has 4 aromatic rings. The van der Waals surface area contributed by atoms with Gasteiger partial charge in [-0.3, -0.25) is 14.2 Å². The summed E-state index contributed by atoms with van der Waals surface area (Å²) in [5.74, 6) is -0.273. The summed E-state index contributed by atoms with van der Waals surface area (Å²) in [6.45, 7) is 3.84. The molecule has 0 bridgehead atoms. The van der Waals surface area contributed by atoms with Gasteiger partial charge < -0.3 is 5.32 Å². The van der Waals surface area contributed by atoms with Gasteiger partial charge in [-0.2, -0.15) is 4.37 Å². The Kier molecular flexibility index (Phi) is 4.75. The summed E-state index contributed by atoms with van der Waals surface area (Å²) in [6.07, 6.45) is 1.41. The third kappa shape index (κ3) is 3.32. The number of nitrogens with zero attached hydrogens (tertiary/aromatic N) is 3. The highest BCUT2D eigenvalue weighted by Gasteiger charge is 2.15. The molecule has 28 heavy (non-hydrogen) atoms. The zero-order valence-corrected chi connectivity index (χ0v) is 16.3. The van der Waals surface area contributed by atoms with Crippen LogP contribution in [0.1, 0.15) is 11.1 Å². The normalized spacial score (nSPS) is 10.9. The Labute approximate surface area is 165 Å². The molecule has 0 saturated carbocycles. The smallest absolute Gasteiger partial charge is 0.273 e. The Morgan fingerprint density at radius 2 is 1.89 bits per heavy atom. The molecule has 0 spiro atoms. The second-order valence-corrected chi connectivity index (χ2v) is 7.32. The van der Waals surface area contributed by atoms with E-state index < -0.39 is 0 Å². The number of fused-ring (bicyclic) bond motifs is 1. The number of rotatable bonds is 4. The van der Waals surface area contributed by atoms with Gasteiger partial charge in [-0.15, -0.1) is 0 Å². The van der Waals surface area contributed by atoms with Gasteiger partial charge in [0.1, 0.15) is 22.5 Å². The van der Waals surface area contributed by atoms with Crippen LogP contribution in [0.5, 0.6) is 0 Å². The van der Waals surface area contributed by atoms with Crippen molar-refractivity contribution in [2.24, 2.45) is 0 Å². The molecule has 0 unspecified atom stereocenters. The molecule has 1 N–H and O–H groups in total. The number of nitrogens with one attached hydrogen (secondary N) is 1. The zero-order valence-electron chi connectivity index (χ0n) is 15.5. The standard InChI is InChI=1S/C21H18N4O2S/c1-13-7-6-10-16(14(13)2)23-17(26)11-25-12-22-19-18(15-8-4-3-5-9-15)24-28-20(19)21(25)27/h3-10,12H,11H2,1-2H3,(H,23,26). The second kappa shape index (κ2) is 7.36. The van der Waals surface area contributed by atoms with Crippen LogP contribution in [-0.2, 0) is 11.3 Å². The quantitative estimate of drug-likeness (QED) is 0.575. The fraction of sp³-hybridized carbons (Fsp3) is 0.143. The largest absolute Gasteiger partial charge is 0.324 e. The highest BCUT2D eigenvalue weighted by molar-refractivity contribution is 7.13. The average Bonchev–Trinajstić information content (AvgIpc) is 3.13. The first kappa shape index (κ1) is 18.1. The van der Waals surface area contributed by atoms with E-state index >= 15 is 0 Å². The van der Waals surface area contributed by atoms with Gasteiger partial charge in [0, 0.05) is 11.3 Å². The van der Waals surface area contributed by atoms with Crippen LogP contribution < -0.4 is 10.9 Å². The zero-order chi connectivity index (χ0) is 19.7. The molecule has 7 heteroatoms. The number of hydrogen-bond donors (Lipinski definition) is 1. The lowest BCUT2D eigenvalue weighted by Gasteiger charge is -2.11. The van der Waals surface area contributed by atoms with Crippen LogP contribution in [0.25, 0.3) is 21.5 Å². The van der Waals surface area contributed by atoms with Crippen molar-refractivity contribution in [1.29, 1.82) is 0 Å². The predicted molar refractivity (Wildman–Crippen MR) is 112 cm³/mol. The molecule has 2 aromatic heterocycles. The van der Waals surface area contributed by atoms with Gasteiger partial charge in [-0.05, 0) is 42.6 Å². The van der Waals surface area contributed by atoms with E-state index in [1.165, 1.54) is 10.9 Å². The molecule has 4 rings (SSSR count). The van der Waals surface area contributed by atoms with E-state index in [-0.39, 0.29) is 18.0 Å². The van der Waals surface area contributed by atoms with Gasteiger partial charge in [-0.1, -0.05) is 42.5 Å². The minimum absolute atomic E-state index is 0.103. The van der Waals surface area contributed by atoms with Gasteiger partial charge >= 0.3 is 0 Å². The number of aromatic nitrogens is 3. The minimum Gasteiger partial charge on any atom is -0.324 e. The Morgan fingerprint density at radius 1 is 1.11 bits per heavy atom. The van der Waals surface area contributed by atoms with Gasteiger partial charge in [0.05, 0.1) is 6.33 Å². The van der Waals surface area contributed by atoms with E-state index in [4.69, 9.17) is 0 Å². The predicted octanol–water partition coefficient (Wildman–Crippen LogP) is 3.78. The summed E-state index contributed by atoms with van der Waals surface area (Å²) in [6, 6.07) is 15.3. The van der Waals surface area contributed by atoms with Crippen molar-refractivity contribution in [1.82, 2.24) is 13.9 Å². The van der Waals surface area contributed by atoms with E-state index in [1.807, 2.05) is 62.4 Å². The average molecular weight is 390 g/mol. The van der Waals surface area contributed by atoms with Crippen LogP contribution in [0.2, 0.25) is 0 Å². The number of anilines is 1. The van der Waals surface area contributed by atoms with Crippen molar-refractivity contribution in [3.63, 3.8) is 0 Å². The van der Waals surface area contributed by atoms with Crippen LogP contribution >= 0.6 is 11.5 Å². The molecule has 0 saturated heterocycles. The number of amides is 1. The van der Waals surface area contributed by atoms with Gasteiger partial charge in [0.25, 0.3) is 5.56 Å². The molecule has 0 aliphatic heterocycles. The van der Waals surface area contributed by atoms with Crippen LogP contribution in [0.15, 0.2) is 59.7 Å². The third-order valence-corrected chi connectivity index (χ3v) is 5.51. The van der Waals surface area contributed by atoms with E-state index in [0.29, 0.717) is 15.9 Å². The van der Waals surface area contributed by atoms with Crippen molar-refractivity contribution in [2.45, 2.75) is 20.4 Å². The lowest BCUT2D eigenvalue weighted by molar-refractivity contribution is -0.116. The maximum Gasteiger partial charge on any atom is 0.273 e.